The molecule has 1 aliphatic heterocycles. The molecule has 0 bridgehead atoms. The zero-order valence-electron chi connectivity index (χ0n) is 15.2. The standard InChI is InChI=1S/C21H26N2O2S/c1-2-5-16-6-3-13-23(14-12-16)21(25)17-8-10-18(11-9-17)22-20(24)19-7-4-15-26-19/h4,7-11,15-16H,2-3,5-6,12-14H2,1H3,(H,22,24). The Morgan fingerprint density at radius 3 is 2.65 bits per heavy atom. The van der Waals surface area contributed by atoms with E-state index < -0.39 is 0 Å². The predicted molar refractivity (Wildman–Crippen MR) is 107 cm³/mol. The van der Waals surface area contributed by atoms with E-state index in [1.807, 2.05) is 16.3 Å². The lowest BCUT2D eigenvalue weighted by molar-refractivity contribution is 0.0759. The van der Waals surface area contributed by atoms with Gasteiger partial charge in [-0.25, -0.2) is 0 Å². The van der Waals surface area contributed by atoms with Crippen LogP contribution in [0.4, 0.5) is 5.69 Å². The minimum Gasteiger partial charge on any atom is -0.339 e. The van der Waals surface area contributed by atoms with Crippen LogP contribution < -0.4 is 5.32 Å². The molecule has 2 aromatic rings. The van der Waals surface area contributed by atoms with Crippen LogP contribution in [0.5, 0.6) is 0 Å². The Hall–Kier alpha value is -2.14. The molecule has 5 heteroatoms. The molecule has 138 valence electrons. The Labute approximate surface area is 159 Å². The van der Waals surface area contributed by atoms with Crippen molar-refractivity contribution in [1.29, 1.82) is 0 Å². The van der Waals surface area contributed by atoms with Gasteiger partial charge in [0.1, 0.15) is 0 Å². The third kappa shape index (κ3) is 4.73. The van der Waals surface area contributed by atoms with Crippen molar-refractivity contribution in [2.24, 2.45) is 5.92 Å². The third-order valence-corrected chi connectivity index (χ3v) is 5.84. The summed E-state index contributed by atoms with van der Waals surface area (Å²) in [6.45, 7) is 3.92. The zero-order valence-corrected chi connectivity index (χ0v) is 16.1. The molecule has 4 nitrogen and oxygen atoms in total. The number of amides is 2. The number of rotatable bonds is 5. The normalized spacial score (nSPS) is 17.6. The number of benzene rings is 1. The lowest BCUT2D eigenvalue weighted by atomic mass is 9.96. The Morgan fingerprint density at radius 2 is 1.96 bits per heavy atom. The maximum Gasteiger partial charge on any atom is 0.265 e. The molecule has 26 heavy (non-hydrogen) atoms. The molecule has 1 unspecified atom stereocenters. The number of hydrogen-bond acceptors (Lipinski definition) is 3. The molecular formula is C21H26N2O2S. The van der Waals surface area contributed by atoms with Gasteiger partial charge in [0, 0.05) is 24.3 Å². The van der Waals surface area contributed by atoms with Gasteiger partial charge in [-0.2, -0.15) is 0 Å². The van der Waals surface area contributed by atoms with Crippen LogP contribution in [0, 0.1) is 5.92 Å². The summed E-state index contributed by atoms with van der Waals surface area (Å²) in [5.74, 6) is 0.736. The van der Waals surface area contributed by atoms with Gasteiger partial charge in [-0.05, 0) is 60.9 Å². The summed E-state index contributed by atoms with van der Waals surface area (Å²) in [7, 11) is 0. The van der Waals surface area contributed by atoms with Gasteiger partial charge in [-0.15, -0.1) is 11.3 Å². The number of carbonyl (C=O) groups excluding carboxylic acids is 2. The van der Waals surface area contributed by atoms with Gasteiger partial charge >= 0.3 is 0 Å². The second-order valence-corrected chi connectivity index (χ2v) is 7.83. The molecule has 2 heterocycles. The third-order valence-electron chi connectivity index (χ3n) is 4.97. The fraction of sp³-hybridized carbons (Fsp3) is 0.429. The van der Waals surface area contributed by atoms with E-state index in [4.69, 9.17) is 0 Å². The van der Waals surface area contributed by atoms with Crippen LogP contribution in [0.2, 0.25) is 0 Å². The minimum absolute atomic E-state index is 0.0956. The molecule has 0 saturated carbocycles. The smallest absolute Gasteiger partial charge is 0.265 e. The molecule has 1 aliphatic rings. The highest BCUT2D eigenvalue weighted by Gasteiger charge is 2.21. The Kier molecular flexibility index (Phi) is 6.45. The first-order chi connectivity index (χ1) is 12.7. The summed E-state index contributed by atoms with van der Waals surface area (Å²) in [5.41, 5.74) is 1.40. The fourth-order valence-corrected chi connectivity index (χ4v) is 4.16. The van der Waals surface area contributed by atoms with Crippen molar-refractivity contribution in [2.45, 2.75) is 39.0 Å². The van der Waals surface area contributed by atoms with Crippen LogP contribution in [-0.4, -0.2) is 29.8 Å². The van der Waals surface area contributed by atoms with Crippen LogP contribution >= 0.6 is 11.3 Å². The van der Waals surface area contributed by atoms with Crippen LogP contribution in [0.3, 0.4) is 0 Å². The Bertz CT molecular complexity index is 725. The second kappa shape index (κ2) is 8.99. The van der Waals surface area contributed by atoms with Crippen LogP contribution in [0.1, 0.15) is 59.1 Å². The number of anilines is 1. The van der Waals surface area contributed by atoms with Crippen LogP contribution in [0.25, 0.3) is 0 Å². The van der Waals surface area contributed by atoms with E-state index >= 15 is 0 Å². The molecular weight excluding hydrogens is 344 g/mol. The number of nitrogens with zero attached hydrogens (tertiary/aromatic N) is 1. The fourth-order valence-electron chi connectivity index (χ4n) is 3.54. The van der Waals surface area contributed by atoms with Gasteiger partial charge < -0.3 is 10.2 Å². The summed E-state index contributed by atoms with van der Waals surface area (Å²) in [6.07, 6.45) is 5.91. The maximum atomic E-state index is 12.8. The zero-order chi connectivity index (χ0) is 18.4. The minimum atomic E-state index is -0.117. The Balaban J connectivity index is 1.59. The first kappa shape index (κ1) is 18.6. The lowest BCUT2D eigenvalue weighted by Gasteiger charge is -2.21. The van der Waals surface area contributed by atoms with E-state index in [-0.39, 0.29) is 11.8 Å². The topological polar surface area (TPSA) is 49.4 Å². The van der Waals surface area contributed by atoms with E-state index in [1.165, 1.54) is 30.6 Å². The second-order valence-electron chi connectivity index (χ2n) is 6.89. The molecule has 1 fully saturated rings. The van der Waals surface area contributed by atoms with E-state index in [0.717, 1.165) is 31.8 Å². The highest BCUT2D eigenvalue weighted by molar-refractivity contribution is 7.12. The molecule has 1 saturated heterocycles. The summed E-state index contributed by atoms with van der Waals surface area (Å²) in [4.78, 5) is 27.5. The molecule has 1 N–H and O–H groups in total. The maximum absolute atomic E-state index is 12.8. The molecule has 0 spiro atoms. The monoisotopic (exact) mass is 370 g/mol. The van der Waals surface area contributed by atoms with Crippen molar-refractivity contribution in [1.82, 2.24) is 4.90 Å². The van der Waals surface area contributed by atoms with Gasteiger partial charge in [0.2, 0.25) is 0 Å². The first-order valence-electron chi connectivity index (χ1n) is 9.41. The number of thiophene rings is 1. The van der Waals surface area contributed by atoms with Gasteiger partial charge in [0.05, 0.1) is 4.88 Å². The molecule has 0 radical (unpaired) electrons. The average Bonchev–Trinajstić information content (AvgIpc) is 3.10. The van der Waals surface area contributed by atoms with Crippen molar-refractivity contribution < 1.29 is 9.59 Å². The molecule has 2 amide bonds. The molecule has 1 atom stereocenters. The SMILES string of the molecule is CCCC1CCCN(C(=O)c2ccc(NC(=O)c3cccs3)cc2)CC1. The van der Waals surface area contributed by atoms with Gasteiger partial charge in [-0.1, -0.05) is 25.8 Å². The summed E-state index contributed by atoms with van der Waals surface area (Å²) in [6, 6.07) is 10.9. The Morgan fingerprint density at radius 1 is 1.15 bits per heavy atom. The molecule has 3 rings (SSSR count). The predicted octanol–water partition coefficient (Wildman–Crippen LogP) is 5.04. The van der Waals surface area contributed by atoms with Crippen LogP contribution in [0.15, 0.2) is 41.8 Å². The summed E-state index contributed by atoms with van der Waals surface area (Å²) < 4.78 is 0. The van der Waals surface area contributed by atoms with Crippen molar-refractivity contribution in [3.63, 3.8) is 0 Å². The number of nitrogens with one attached hydrogen (secondary N) is 1. The van der Waals surface area contributed by atoms with Gasteiger partial charge in [-0.3, -0.25) is 9.59 Å². The van der Waals surface area contributed by atoms with E-state index in [1.54, 1.807) is 30.3 Å². The lowest BCUT2D eigenvalue weighted by Crippen LogP contribution is -2.32. The highest BCUT2D eigenvalue weighted by atomic mass is 32.1. The van der Waals surface area contributed by atoms with Gasteiger partial charge in [0.15, 0.2) is 0 Å². The first-order valence-corrected chi connectivity index (χ1v) is 10.3. The highest BCUT2D eigenvalue weighted by Crippen LogP contribution is 2.23. The average molecular weight is 371 g/mol. The largest absolute Gasteiger partial charge is 0.339 e. The number of likely N-dealkylation sites (tertiary alicyclic amines) is 1. The molecule has 1 aromatic heterocycles. The van der Waals surface area contributed by atoms with Crippen molar-refractivity contribution in [3.8, 4) is 0 Å². The quantitative estimate of drug-likeness (QED) is 0.801. The molecule has 1 aromatic carbocycles. The van der Waals surface area contributed by atoms with Crippen molar-refractivity contribution in [2.75, 3.05) is 18.4 Å². The summed E-state index contributed by atoms with van der Waals surface area (Å²) in [5, 5.41) is 4.74. The number of carbonyl (C=O) groups is 2. The number of hydrogen-bond donors (Lipinski definition) is 1. The van der Waals surface area contributed by atoms with E-state index in [9.17, 15) is 9.59 Å². The molecule has 0 aliphatic carbocycles. The van der Waals surface area contributed by atoms with Crippen LogP contribution in [-0.2, 0) is 0 Å². The van der Waals surface area contributed by atoms with E-state index in [2.05, 4.69) is 12.2 Å². The summed E-state index contributed by atoms with van der Waals surface area (Å²) >= 11 is 1.41. The van der Waals surface area contributed by atoms with Crippen molar-refractivity contribution >= 4 is 28.8 Å². The van der Waals surface area contributed by atoms with E-state index in [0.29, 0.717) is 16.1 Å². The van der Waals surface area contributed by atoms with Crippen molar-refractivity contribution in [3.05, 3.63) is 52.2 Å². The van der Waals surface area contributed by atoms with Gasteiger partial charge in [0.25, 0.3) is 11.8 Å².